The summed E-state index contributed by atoms with van der Waals surface area (Å²) in [5, 5.41) is 23.0. The maximum absolute atomic E-state index is 13.6. The van der Waals surface area contributed by atoms with Crippen LogP contribution in [0, 0.1) is 5.92 Å². The van der Waals surface area contributed by atoms with E-state index in [1.54, 1.807) is 0 Å². The summed E-state index contributed by atoms with van der Waals surface area (Å²) in [4.78, 5) is 15.6. The average molecular weight is 492 g/mol. The second-order valence-corrected chi connectivity index (χ2v) is 9.79. The maximum atomic E-state index is 13.6. The summed E-state index contributed by atoms with van der Waals surface area (Å²) in [7, 11) is 1.36. The minimum absolute atomic E-state index is 0.186. The van der Waals surface area contributed by atoms with Crippen LogP contribution in [0.5, 0.6) is 0 Å². The number of esters is 1. The first-order chi connectivity index (χ1) is 18.1. The number of hydrogen-bond donors (Lipinski definition) is 2. The number of aliphatic hydroxyl groups excluding tert-OH is 2. The van der Waals surface area contributed by atoms with Crippen molar-refractivity contribution < 1.29 is 19.7 Å². The molecule has 4 aromatic rings. The highest BCUT2D eigenvalue weighted by atomic mass is 16.5. The number of nitrogens with zero attached hydrogens (tertiary/aromatic N) is 1. The molecule has 5 nitrogen and oxygen atoms in total. The van der Waals surface area contributed by atoms with Crippen LogP contribution < -0.4 is 0 Å². The summed E-state index contributed by atoms with van der Waals surface area (Å²) in [5.41, 5.74) is 5.04. The van der Waals surface area contributed by atoms with Crippen LogP contribution >= 0.6 is 0 Å². The Hall–Kier alpha value is -3.77. The number of β-amino-alcohol motifs (C(OH)–C–C–N with tert-alkyl or cyclic N) is 1. The molecule has 1 aliphatic heterocycles. The van der Waals surface area contributed by atoms with Gasteiger partial charge in [0.15, 0.2) is 0 Å². The van der Waals surface area contributed by atoms with Crippen LogP contribution in [-0.4, -0.2) is 46.9 Å². The Morgan fingerprint density at radius 2 is 1.35 bits per heavy atom. The lowest BCUT2D eigenvalue weighted by atomic mass is 9.77. The number of benzene rings is 4. The van der Waals surface area contributed by atoms with Gasteiger partial charge in [-0.25, -0.2) is 0 Å². The van der Waals surface area contributed by atoms with Gasteiger partial charge in [-0.15, -0.1) is 0 Å². The molecular weight excluding hydrogens is 462 g/mol. The Labute approximate surface area is 216 Å². The number of hydrogen-bond acceptors (Lipinski definition) is 5. The molecule has 0 bridgehead atoms. The van der Waals surface area contributed by atoms with Gasteiger partial charge in [-0.05, 0) is 33.4 Å². The van der Waals surface area contributed by atoms with Gasteiger partial charge in [-0.2, -0.15) is 0 Å². The molecule has 0 aromatic heterocycles. The van der Waals surface area contributed by atoms with E-state index in [0.717, 1.165) is 27.8 Å². The van der Waals surface area contributed by atoms with Crippen LogP contribution in [-0.2, 0) is 15.1 Å². The molecule has 186 valence electrons. The summed E-state index contributed by atoms with van der Waals surface area (Å²) >= 11 is 0. The molecule has 0 amide bonds. The summed E-state index contributed by atoms with van der Waals surface area (Å²) in [6, 6.07) is 34.9. The van der Waals surface area contributed by atoms with Gasteiger partial charge in [-0.1, -0.05) is 109 Å². The average Bonchev–Trinajstić information content (AvgIpc) is 3.46. The number of rotatable bonds is 5. The molecule has 2 N–H and O–H groups in total. The predicted octanol–water partition coefficient (Wildman–Crippen LogP) is 4.53. The van der Waals surface area contributed by atoms with E-state index in [-0.39, 0.29) is 6.54 Å². The first-order valence-corrected chi connectivity index (χ1v) is 12.6. The number of fused-ring (bicyclic) bond motifs is 3. The fraction of sp³-hybridized carbons (Fsp3) is 0.219. The standard InChI is InChI=1S/C32H29NO4/c1-37-31(36)29-28(30(35)21-12-4-2-5-13-21)27(34)20-33(29)32(22-14-6-3-7-15-22)25-18-10-8-16-23(25)24-17-9-11-19-26(24)32/h2-19,27-30,34-35H,20H2,1H3/t27-,28+,29+,30-/m1/s1. The highest BCUT2D eigenvalue weighted by Gasteiger charge is 2.60. The molecule has 1 fully saturated rings. The van der Waals surface area contributed by atoms with Crippen LogP contribution in [0.1, 0.15) is 28.4 Å². The second-order valence-electron chi connectivity index (χ2n) is 9.79. The van der Waals surface area contributed by atoms with E-state index in [9.17, 15) is 15.0 Å². The number of ether oxygens (including phenoxy) is 1. The topological polar surface area (TPSA) is 70.0 Å². The van der Waals surface area contributed by atoms with Crippen LogP contribution in [0.25, 0.3) is 11.1 Å². The highest BCUT2D eigenvalue weighted by molar-refractivity contribution is 5.85. The SMILES string of the molecule is COC(=O)[C@@H]1[C@@H]([C@H](O)c2ccccc2)[C@H](O)CN1C1(c2ccccc2)c2ccccc2-c2ccccc21. The molecular formula is C32H29NO4. The van der Waals surface area contributed by atoms with Gasteiger partial charge in [0.1, 0.15) is 6.04 Å². The molecule has 0 spiro atoms. The van der Waals surface area contributed by atoms with Gasteiger partial charge >= 0.3 is 5.97 Å². The Morgan fingerprint density at radius 3 is 1.92 bits per heavy atom. The van der Waals surface area contributed by atoms with E-state index >= 15 is 0 Å². The van der Waals surface area contributed by atoms with Crippen molar-refractivity contribution in [1.82, 2.24) is 4.90 Å². The third-order valence-corrected chi connectivity index (χ3v) is 8.02. The summed E-state index contributed by atoms with van der Waals surface area (Å²) < 4.78 is 5.34. The fourth-order valence-corrected chi connectivity index (χ4v) is 6.54. The minimum Gasteiger partial charge on any atom is -0.468 e. The number of methoxy groups -OCH3 is 1. The molecule has 4 atom stereocenters. The smallest absolute Gasteiger partial charge is 0.323 e. The third kappa shape index (κ3) is 3.46. The van der Waals surface area contributed by atoms with Crippen molar-refractivity contribution in [3.63, 3.8) is 0 Å². The van der Waals surface area contributed by atoms with Gasteiger partial charge < -0.3 is 14.9 Å². The molecule has 1 saturated heterocycles. The van der Waals surface area contributed by atoms with Crippen molar-refractivity contribution in [2.24, 2.45) is 5.92 Å². The van der Waals surface area contributed by atoms with Crippen LogP contribution in [0.15, 0.2) is 109 Å². The summed E-state index contributed by atoms with van der Waals surface area (Å²) in [5.74, 6) is -1.26. The maximum Gasteiger partial charge on any atom is 0.323 e. The normalized spacial score (nSPS) is 22.7. The van der Waals surface area contributed by atoms with Crippen LogP contribution in [0.4, 0.5) is 0 Å². The molecule has 37 heavy (non-hydrogen) atoms. The Balaban J connectivity index is 1.62. The van der Waals surface area contributed by atoms with Gasteiger partial charge in [0.05, 0.1) is 24.9 Å². The summed E-state index contributed by atoms with van der Waals surface area (Å²) in [6.45, 7) is 0.186. The predicted molar refractivity (Wildman–Crippen MR) is 142 cm³/mol. The quantitative estimate of drug-likeness (QED) is 0.402. The van der Waals surface area contributed by atoms with E-state index in [4.69, 9.17) is 4.74 Å². The first-order valence-electron chi connectivity index (χ1n) is 12.6. The van der Waals surface area contributed by atoms with E-state index in [1.165, 1.54) is 7.11 Å². The number of carbonyl (C=O) groups is 1. The molecule has 5 heteroatoms. The Morgan fingerprint density at radius 1 is 0.838 bits per heavy atom. The second kappa shape index (κ2) is 9.27. The number of aliphatic hydroxyl groups is 2. The highest BCUT2D eigenvalue weighted by Crippen LogP contribution is 2.57. The summed E-state index contributed by atoms with van der Waals surface area (Å²) in [6.07, 6.45) is -2.01. The molecule has 4 aromatic carbocycles. The van der Waals surface area contributed by atoms with E-state index < -0.39 is 35.7 Å². The zero-order chi connectivity index (χ0) is 25.6. The van der Waals surface area contributed by atoms with Crippen molar-refractivity contribution in [2.75, 3.05) is 13.7 Å². The molecule has 0 radical (unpaired) electrons. The molecule has 0 unspecified atom stereocenters. The monoisotopic (exact) mass is 491 g/mol. The van der Waals surface area contributed by atoms with Crippen LogP contribution in [0.3, 0.4) is 0 Å². The Kier molecular flexibility index (Phi) is 5.92. The fourth-order valence-electron chi connectivity index (χ4n) is 6.54. The molecule has 1 heterocycles. The largest absolute Gasteiger partial charge is 0.468 e. The van der Waals surface area contributed by atoms with Gasteiger partial charge in [-0.3, -0.25) is 9.69 Å². The minimum atomic E-state index is -1.05. The van der Waals surface area contributed by atoms with Gasteiger partial charge in [0.25, 0.3) is 0 Å². The number of likely N-dealkylation sites (tertiary alicyclic amines) is 1. The molecule has 1 aliphatic carbocycles. The van der Waals surface area contributed by atoms with E-state index in [0.29, 0.717) is 5.56 Å². The third-order valence-electron chi connectivity index (χ3n) is 8.02. The van der Waals surface area contributed by atoms with Crippen molar-refractivity contribution in [3.8, 4) is 11.1 Å². The van der Waals surface area contributed by atoms with E-state index in [1.807, 2.05) is 72.8 Å². The molecule has 2 aliphatic rings. The molecule has 0 saturated carbocycles. The lowest BCUT2D eigenvalue weighted by Crippen LogP contribution is -2.54. The zero-order valence-corrected chi connectivity index (χ0v) is 20.6. The van der Waals surface area contributed by atoms with Crippen molar-refractivity contribution in [1.29, 1.82) is 0 Å². The lowest BCUT2D eigenvalue weighted by molar-refractivity contribution is -0.151. The van der Waals surface area contributed by atoms with Gasteiger partial charge in [0.2, 0.25) is 0 Å². The van der Waals surface area contributed by atoms with Gasteiger partial charge in [0, 0.05) is 12.5 Å². The zero-order valence-electron chi connectivity index (χ0n) is 20.6. The number of carbonyl (C=O) groups excluding carboxylic acids is 1. The van der Waals surface area contributed by atoms with E-state index in [2.05, 4.69) is 41.3 Å². The Bertz CT molecular complexity index is 1380. The molecule has 6 rings (SSSR count). The van der Waals surface area contributed by atoms with Crippen LogP contribution in [0.2, 0.25) is 0 Å². The van der Waals surface area contributed by atoms with Crippen molar-refractivity contribution in [2.45, 2.75) is 23.8 Å². The first kappa shape index (κ1) is 23.6. The lowest BCUT2D eigenvalue weighted by Gasteiger charge is -2.44. The van der Waals surface area contributed by atoms with Crippen molar-refractivity contribution in [3.05, 3.63) is 131 Å². The van der Waals surface area contributed by atoms with Crippen molar-refractivity contribution >= 4 is 5.97 Å².